The number of rotatable bonds is 2. The first-order valence-corrected chi connectivity index (χ1v) is 9.02. The Balaban J connectivity index is 1.81. The van der Waals surface area contributed by atoms with Crippen LogP contribution in [0, 0.1) is 6.92 Å². The van der Waals surface area contributed by atoms with Crippen molar-refractivity contribution in [1.82, 2.24) is 9.97 Å². The molecule has 0 aliphatic carbocycles. The fourth-order valence-corrected chi connectivity index (χ4v) is 4.30. The van der Waals surface area contributed by atoms with Gasteiger partial charge in [-0.15, -0.1) is 11.3 Å². The maximum atomic E-state index is 8.28. The Morgan fingerprint density at radius 2 is 1.69 bits per heavy atom. The van der Waals surface area contributed by atoms with Crippen LogP contribution in [0.1, 0.15) is 12.5 Å². The van der Waals surface area contributed by atoms with Gasteiger partial charge in [0.1, 0.15) is 0 Å². The summed E-state index contributed by atoms with van der Waals surface area (Å²) < 4.78 is 42.7. The van der Waals surface area contributed by atoms with Gasteiger partial charge in [-0.2, -0.15) is 0 Å². The molecule has 2 nitrogen and oxygen atoms in total. The predicted molar refractivity (Wildman–Crippen MR) is 111 cm³/mol. The number of nitrogens with zero attached hydrogens (tertiary/aromatic N) is 2. The van der Waals surface area contributed by atoms with Gasteiger partial charge in [0.15, 0.2) is 5.82 Å². The lowest BCUT2D eigenvalue weighted by Gasteiger charge is -2.08. The van der Waals surface area contributed by atoms with E-state index in [1.807, 2.05) is 37.3 Å². The van der Waals surface area contributed by atoms with Gasteiger partial charge in [-0.1, -0.05) is 60.5 Å². The highest BCUT2D eigenvalue weighted by atomic mass is 32.1. The smallest absolute Gasteiger partial charge is 0.160 e. The molecule has 0 unspecified atom stereocenters. The second-order valence-corrected chi connectivity index (χ2v) is 7.08. The molecule has 0 fully saturated rings. The molecule has 3 heteroatoms. The minimum Gasteiger partial charge on any atom is -0.233 e. The third-order valence-electron chi connectivity index (χ3n) is 4.26. The van der Waals surface area contributed by atoms with Gasteiger partial charge in [0.05, 0.1) is 12.5 Å². The molecular weight excluding hydrogens is 336 g/mol. The normalized spacial score (nSPS) is 14.0. The molecule has 2 heterocycles. The summed E-state index contributed by atoms with van der Waals surface area (Å²) in [4.78, 5) is 9.09. The van der Waals surface area contributed by atoms with Crippen LogP contribution in [0.15, 0.2) is 78.7 Å². The summed E-state index contributed by atoms with van der Waals surface area (Å²) in [5.41, 5.74) is 2.25. The van der Waals surface area contributed by atoms with E-state index in [1.54, 1.807) is 11.3 Å². The highest BCUT2D eigenvalue weighted by molar-refractivity contribution is 7.25. The van der Waals surface area contributed by atoms with E-state index in [-0.39, 0.29) is 23.5 Å². The van der Waals surface area contributed by atoms with Gasteiger partial charge >= 0.3 is 0 Å². The molecule has 5 rings (SSSR count). The second kappa shape index (κ2) is 6.04. The van der Waals surface area contributed by atoms with Gasteiger partial charge in [-0.05, 0) is 25.1 Å². The van der Waals surface area contributed by atoms with E-state index in [2.05, 4.69) is 28.2 Å². The Kier molecular flexibility index (Phi) is 2.52. The van der Waals surface area contributed by atoms with Crippen LogP contribution in [0.3, 0.4) is 0 Å². The first-order valence-electron chi connectivity index (χ1n) is 10.7. The summed E-state index contributed by atoms with van der Waals surface area (Å²) in [6, 6.07) is 14.3. The molecule has 0 aliphatic rings. The average molecular weight is 357 g/mol. The number of fused-ring (bicyclic) bond motifs is 3. The maximum Gasteiger partial charge on any atom is 0.160 e. The zero-order chi connectivity index (χ0) is 21.9. The highest BCUT2D eigenvalue weighted by Crippen LogP contribution is 2.39. The third-order valence-corrected chi connectivity index (χ3v) is 5.39. The highest BCUT2D eigenvalue weighted by Gasteiger charge is 2.13. The van der Waals surface area contributed by atoms with Gasteiger partial charge in [0, 0.05) is 37.0 Å². The summed E-state index contributed by atoms with van der Waals surface area (Å²) in [6.07, 6.45) is 0. The fraction of sp³-hybridized carbons (Fsp3) is 0.0435. The first-order chi connectivity index (χ1) is 14.9. The monoisotopic (exact) mass is 357 g/mol. The molecule has 0 aliphatic heterocycles. The van der Waals surface area contributed by atoms with Crippen molar-refractivity contribution in [3.63, 3.8) is 0 Å². The number of aromatic nitrogens is 2. The summed E-state index contributed by atoms with van der Waals surface area (Å²) in [5, 5.41) is 2.23. The van der Waals surface area contributed by atoms with E-state index in [1.165, 1.54) is 4.70 Å². The number of aryl methyl sites for hydroxylation is 1. The molecule has 0 bridgehead atoms. The fourth-order valence-electron chi connectivity index (χ4n) is 3.17. The molecule has 0 spiro atoms. The van der Waals surface area contributed by atoms with E-state index in [0.29, 0.717) is 11.4 Å². The van der Waals surface area contributed by atoms with E-state index < -0.39 is 18.1 Å². The number of hydrogen-bond acceptors (Lipinski definition) is 3. The Morgan fingerprint density at radius 3 is 2.58 bits per heavy atom. The van der Waals surface area contributed by atoms with Crippen LogP contribution in [-0.4, -0.2) is 9.97 Å². The molecule has 2 aromatic heterocycles. The van der Waals surface area contributed by atoms with Gasteiger partial charge in [-0.25, -0.2) is 9.97 Å². The van der Waals surface area contributed by atoms with Crippen LogP contribution in [0.4, 0.5) is 0 Å². The molecule has 0 N–H and O–H groups in total. The Labute approximate surface area is 162 Å². The lowest BCUT2D eigenvalue weighted by atomic mass is 10.0. The standard InChI is InChI=1S/C23H16N2S/c1-15-14-19(25-23(24-15)16-8-3-2-4-9-16)17-11-7-13-21-22(17)18-10-5-6-12-20(18)26-21/h2-14H,1H3/i2D,3D,4D,8D,9D. The Hall–Kier alpha value is -3.04. The van der Waals surface area contributed by atoms with Gasteiger partial charge in [0.25, 0.3) is 0 Å². The van der Waals surface area contributed by atoms with Crippen molar-refractivity contribution < 1.29 is 6.85 Å². The largest absolute Gasteiger partial charge is 0.233 e. The topological polar surface area (TPSA) is 25.8 Å². The minimum atomic E-state index is -0.430. The van der Waals surface area contributed by atoms with Crippen LogP contribution >= 0.6 is 11.3 Å². The first kappa shape index (κ1) is 10.8. The zero-order valence-corrected chi connectivity index (χ0v) is 14.7. The Morgan fingerprint density at radius 1 is 0.885 bits per heavy atom. The van der Waals surface area contributed by atoms with Gasteiger partial charge in [-0.3, -0.25) is 0 Å². The molecule has 5 aromatic rings. The van der Waals surface area contributed by atoms with E-state index in [0.717, 1.165) is 21.0 Å². The SMILES string of the molecule is [2H]c1c([2H])c([2H])c(-c2nc(C)cc(-c3cccc4sc5ccccc5c34)n2)c([2H])c1[2H]. The summed E-state index contributed by atoms with van der Waals surface area (Å²) in [7, 11) is 0. The lowest BCUT2D eigenvalue weighted by Crippen LogP contribution is -1.95. The van der Waals surface area contributed by atoms with Crippen LogP contribution in [0.25, 0.3) is 42.8 Å². The summed E-state index contributed by atoms with van der Waals surface area (Å²) >= 11 is 1.71. The van der Waals surface area contributed by atoms with Crippen LogP contribution < -0.4 is 0 Å². The van der Waals surface area contributed by atoms with Crippen LogP contribution in [-0.2, 0) is 0 Å². The molecule has 3 aromatic carbocycles. The summed E-state index contributed by atoms with van der Waals surface area (Å²) in [6.45, 7) is 1.82. The van der Waals surface area contributed by atoms with Crippen molar-refractivity contribution in [2.45, 2.75) is 6.92 Å². The molecule has 26 heavy (non-hydrogen) atoms. The van der Waals surface area contributed by atoms with Crippen molar-refractivity contribution in [3.05, 3.63) is 84.4 Å². The number of hydrogen-bond donors (Lipinski definition) is 0. The van der Waals surface area contributed by atoms with Crippen LogP contribution in [0.2, 0.25) is 0 Å². The van der Waals surface area contributed by atoms with Crippen molar-refractivity contribution in [1.29, 1.82) is 0 Å². The molecular formula is C23H16N2S. The van der Waals surface area contributed by atoms with Crippen molar-refractivity contribution >= 4 is 31.5 Å². The van der Waals surface area contributed by atoms with Crippen molar-refractivity contribution in [2.75, 3.05) is 0 Å². The molecule has 0 saturated carbocycles. The quantitative estimate of drug-likeness (QED) is 0.361. The van der Waals surface area contributed by atoms with Gasteiger partial charge in [0.2, 0.25) is 0 Å². The lowest BCUT2D eigenvalue weighted by molar-refractivity contribution is 1.12. The van der Waals surface area contributed by atoms with Gasteiger partial charge < -0.3 is 0 Å². The zero-order valence-electron chi connectivity index (χ0n) is 18.9. The molecule has 0 saturated heterocycles. The number of thiophene rings is 1. The van der Waals surface area contributed by atoms with Crippen LogP contribution in [0.5, 0.6) is 0 Å². The average Bonchev–Trinajstić information content (AvgIpc) is 3.15. The third kappa shape index (κ3) is 2.49. The molecule has 0 atom stereocenters. The predicted octanol–water partition coefficient (Wildman–Crippen LogP) is 6.49. The van der Waals surface area contributed by atoms with Crippen molar-refractivity contribution in [3.8, 4) is 22.6 Å². The van der Waals surface area contributed by atoms with E-state index >= 15 is 0 Å². The Bertz CT molecular complexity index is 1480. The second-order valence-electron chi connectivity index (χ2n) is 6.00. The van der Waals surface area contributed by atoms with E-state index in [9.17, 15) is 0 Å². The molecule has 0 amide bonds. The molecule has 124 valence electrons. The van der Waals surface area contributed by atoms with Crippen molar-refractivity contribution in [2.24, 2.45) is 0 Å². The minimum absolute atomic E-state index is 0.0123. The molecule has 0 radical (unpaired) electrons. The maximum absolute atomic E-state index is 8.28. The summed E-state index contributed by atoms with van der Waals surface area (Å²) in [5.74, 6) is 0.128. The van der Waals surface area contributed by atoms with E-state index in [4.69, 9.17) is 6.85 Å². The number of benzene rings is 3.